The van der Waals surface area contributed by atoms with Crippen molar-refractivity contribution in [2.24, 2.45) is 0 Å². The van der Waals surface area contributed by atoms with Crippen LogP contribution in [0, 0.1) is 0 Å². The van der Waals surface area contributed by atoms with Gasteiger partial charge in [-0.3, -0.25) is 14.5 Å². The van der Waals surface area contributed by atoms with Crippen LogP contribution in [0.15, 0.2) is 146 Å². The first-order chi connectivity index (χ1) is 22.9. The minimum absolute atomic E-state index is 0.0226. The lowest BCUT2D eigenvalue weighted by molar-refractivity contribution is -0.142. The molecule has 0 bridgehead atoms. The minimum Gasteiger partial charge on any atom is -0.497 e. The van der Waals surface area contributed by atoms with Crippen molar-refractivity contribution >= 4 is 72.9 Å². The molecule has 0 radical (unpaired) electrons. The number of amides is 1. The maximum absolute atomic E-state index is 14.8. The van der Waals surface area contributed by atoms with E-state index in [9.17, 15) is 14.4 Å². The highest BCUT2D eigenvalue weighted by molar-refractivity contribution is 9.10. The third kappa shape index (κ3) is 6.46. The van der Waals surface area contributed by atoms with E-state index in [1.807, 2.05) is 109 Å². The van der Waals surface area contributed by atoms with Gasteiger partial charge in [0.2, 0.25) is 11.0 Å². The number of benzene rings is 5. The van der Waals surface area contributed by atoms with Crippen LogP contribution in [0.1, 0.15) is 15.9 Å². The fourth-order valence-electron chi connectivity index (χ4n) is 5.62. The Labute approximate surface area is 286 Å². The zero-order valence-corrected chi connectivity index (χ0v) is 28.7. The van der Waals surface area contributed by atoms with Gasteiger partial charge in [0, 0.05) is 12.4 Å². The fraction of sp³-hybridized carbons (Fsp3) is 0.105. The molecule has 0 saturated carbocycles. The molecule has 1 heterocycles. The number of alkyl halides is 1. The number of carbonyl (C=O) groups is 3. The summed E-state index contributed by atoms with van der Waals surface area (Å²) in [6.45, 7) is -3.13. The monoisotopic (exact) mass is 723 g/mol. The summed E-state index contributed by atoms with van der Waals surface area (Å²) in [4.78, 5) is 43.2. The van der Waals surface area contributed by atoms with E-state index in [0.29, 0.717) is 11.3 Å². The highest BCUT2D eigenvalue weighted by Crippen LogP contribution is 2.50. The molecule has 0 unspecified atom stereocenters. The Bertz CT molecular complexity index is 1820. The molecule has 2 atom stereocenters. The van der Waals surface area contributed by atoms with Crippen molar-refractivity contribution in [2.75, 3.05) is 7.11 Å². The van der Waals surface area contributed by atoms with E-state index in [4.69, 9.17) is 9.47 Å². The molecule has 0 aromatic heterocycles. The average molecular weight is 725 g/mol. The molecule has 1 aliphatic rings. The minimum atomic E-state index is -3.11. The van der Waals surface area contributed by atoms with E-state index >= 15 is 0 Å². The van der Waals surface area contributed by atoms with Gasteiger partial charge in [0.25, 0.3) is 0 Å². The molecule has 236 valence electrons. The van der Waals surface area contributed by atoms with Gasteiger partial charge in [-0.25, -0.2) is 4.79 Å². The topological polar surface area (TPSA) is 72.9 Å². The Morgan fingerprint density at radius 1 is 0.723 bits per heavy atom. The van der Waals surface area contributed by atoms with Gasteiger partial charge in [-0.2, -0.15) is 0 Å². The molecule has 1 aliphatic heterocycles. The number of thioether (sulfide) groups is 1. The number of rotatable bonds is 10. The average Bonchev–Trinajstić information content (AvgIpc) is 3.14. The lowest BCUT2D eigenvalue weighted by Crippen LogP contribution is -2.65. The van der Waals surface area contributed by atoms with Crippen molar-refractivity contribution in [3.8, 4) is 5.75 Å². The van der Waals surface area contributed by atoms with E-state index in [0.717, 1.165) is 33.2 Å². The summed E-state index contributed by atoms with van der Waals surface area (Å²) in [5.41, 5.74) is 1.49. The highest BCUT2D eigenvalue weighted by atomic mass is 79.9. The molecule has 5 aromatic carbocycles. The highest BCUT2D eigenvalue weighted by Gasteiger charge is 2.54. The maximum atomic E-state index is 14.8. The van der Waals surface area contributed by atoms with Crippen molar-refractivity contribution in [1.29, 1.82) is 0 Å². The summed E-state index contributed by atoms with van der Waals surface area (Å²) in [5, 5.41) is 1.72. The molecule has 9 heteroatoms. The Hall–Kier alpha value is -4.36. The summed E-state index contributed by atoms with van der Waals surface area (Å²) in [6, 6.07) is 45.6. The van der Waals surface area contributed by atoms with E-state index in [1.54, 1.807) is 43.5 Å². The number of methoxy groups -OCH3 is 1. The predicted molar refractivity (Wildman–Crippen MR) is 195 cm³/mol. The summed E-state index contributed by atoms with van der Waals surface area (Å²) in [5.74, 6) is -0.254. The first kappa shape index (κ1) is 32.6. The van der Waals surface area contributed by atoms with Crippen LogP contribution in [0.25, 0.3) is 0 Å². The van der Waals surface area contributed by atoms with Gasteiger partial charge in [-0.05, 0) is 33.6 Å². The summed E-state index contributed by atoms with van der Waals surface area (Å²) >= 11 is 4.57. The number of ether oxygens (including phenoxy) is 2. The first-order valence-electron chi connectivity index (χ1n) is 14.9. The van der Waals surface area contributed by atoms with Crippen molar-refractivity contribution in [3.63, 3.8) is 0 Å². The molecule has 1 amide bonds. The Morgan fingerprint density at radius 3 is 1.66 bits per heavy atom. The van der Waals surface area contributed by atoms with Gasteiger partial charge >= 0.3 is 5.97 Å². The third-order valence-corrected chi connectivity index (χ3v) is 14.6. The predicted octanol–water partition coefficient (Wildman–Crippen LogP) is 6.37. The molecular formula is C38H31BrNO5PS. The van der Waals surface area contributed by atoms with Crippen LogP contribution >= 0.6 is 34.6 Å². The number of carbonyl (C=O) groups excluding carboxylic acids is 3. The number of nitrogens with zero attached hydrogens (tertiary/aromatic N) is 1. The van der Waals surface area contributed by atoms with Crippen LogP contribution in [-0.4, -0.2) is 44.6 Å². The number of esters is 1. The molecule has 47 heavy (non-hydrogen) atoms. The second kappa shape index (κ2) is 14.6. The second-order valence-electron chi connectivity index (χ2n) is 10.7. The molecule has 5 aromatic rings. The van der Waals surface area contributed by atoms with Gasteiger partial charge < -0.3 is 9.47 Å². The Balaban J connectivity index is 1.60. The molecule has 0 spiro atoms. The number of likely N-dealkylation sites (tertiary alicyclic amines) is 1. The Morgan fingerprint density at radius 2 is 1.19 bits per heavy atom. The van der Waals surface area contributed by atoms with E-state index < -0.39 is 23.1 Å². The molecule has 6 nitrogen and oxygen atoms in total. The summed E-state index contributed by atoms with van der Waals surface area (Å²) < 4.78 is 11.4. The van der Waals surface area contributed by atoms with Crippen molar-refractivity contribution in [3.05, 3.63) is 157 Å². The molecule has 6 rings (SSSR count). The van der Waals surface area contributed by atoms with Gasteiger partial charge in [-0.1, -0.05) is 161 Å². The summed E-state index contributed by atoms with van der Waals surface area (Å²) in [7, 11) is 1.59. The first-order valence-corrected chi connectivity index (χ1v) is 18.5. The van der Waals surface area contributed by atoms with Gasteiger partial charge in [0.1, 0.15) is 28.0 Å². The molecule has 1 saturated heterocycles. The van der Waals surface area contributed by atoms with E-state index in [-0.39, 0.29) is 23.0 Å². The lowest BCUT2D eigenvalue weighted by Gasteiger charge is -2.47. The normalized spacial score (nSPS) is 15.8. The van der Waals surface area contributed by atoms with Crippen LogP contribution < -0.4 is 20.7 Å². The quantitative estimate of drug-likeness (QED) is 0.0723. The zero-order valence-electron chi connectivity index (χ0n) is 25.4. The fourth-order valence-corrected chi connectivity index (χ4v) is 11.9. The number of hydrogen-bond acceptors (Lipinski definition) is 6. The molecule has 1 fully saturated rings. The van der Waals surface area contributed by atoms with Crippen LogP contribution in [0.4, 0.5) is 0 Å². The number of β-lactam (4-membered cyclic amide) rings is 1. The standard InChI is InChI=1S/C38H31BrNO5PS/c1-44-29-24-22-27(23-25-29)26-45-37(42)35(40-34(41)33(39)36(40)47-38(43)28-14-6-2-7-15-28)46(30-16-8-3-9-17-30,31-18-10-4-11-19-31)32-20-12-5-13-21-32/h2-25,33,36H,26H2,1H3/t33-,36+/m0/s1. The van der Waals surface area contributed by atoms with Crippen LogP contribution in [0.3, 0.4) is 0 Å². The largest absolute Gasteiger partial charge is 0.497 e. The van der Waals surface area contributed by atoms with Gasteiger partial charge in [-0.15, -0.1) is 0 Å². The zero-order chi connectivity index (χ0) is 32.8. The van der Waals surface area contributed by atoms with Gasteiger partial charge in [0.15, 0.2) is 0 Å². The van der Waals surface area contributed by atoms with E-state index in [2.05, 4.69) is 15.9 Å². The SMILES string of the molecule is COc1ccc(COC(=O)C(N2C(=O)[C@H](Br)[C@H]2SC(=O)c2ccccc2)=P(c2ccccc2)(c2ccccc2)c2ccccc2)cc1. The molecule has 0 aliphatic carbocycles. The van der Waals surface area contributed by atoms with Gasteiger partial charge in [0.05, 0.1) is 7.11 Å². The maximum Gasteiger partial charge on any atom is 0.356 e. The van der Waals surface area contributed by atoms with Crippen LogP contribution in [0.5, 0.6) is 5.75 Å². The molecule has 0 N–H and O–H groups in total. The lowest BCUT2D eigenvalue weighted by atomic mass is 10.2. The Kier molecular flexibility index (Phi) is 10.1. The van der Waals surface area contributed by atoms with Crippen molar-refractivity contribution < 1.29 is 23.9 Å². The number of halogens is 1. The van der Waals surface area contributed by atoms with Crippen molar-refractivity contribution in [2.45, 2.75) is 16.8 Å². The smallest absolute Gasteiger partial charge is 0.356 e. The third-order valence-electron chi connectivity index (χ3n) is 7.90. The molecular weight excluding hydrogens is 693 g/mol. The second-order valence-corrected chi connectivity index (χ2v) is 16.1. The van der Waals surface area contributed by atoms with Crippen LogP contribution in [-0.2, 0) is 20.9 Å². The van der Waals surface area contributed by atoms with Crippen molar-refractivity contribution in [1.82, 2.24) is 4.90 Å². The number of hydrogen-bond donors (Lipinski definition) is 0. The van der Waals surface area contributed by atoms with Crippen LogP contribution in [0.2, 0.25) is 0 Å². The summed E-state index contributed by atoms with van der Waals surface area (Å²) in [6.07, 6.45) is 0. The van der Waals surface area contributed by atoms with E-state index in [1.165, 1.54) is 4.90 Å².